The van der Waals surface area contributed by atoms with E-state index >= 15 is 0 Å². The predicted octanol–water partition coefficient (Wildman–Crippen LogP) is 1.52. The molecule has 0 bridgehead atoms. The van der Waals surface area contributed by atoms with E-state index in [2.05, 4.69) is 9.97 Å². The molecule has 0 aromatic carbocycles. The van der Waals surface area contributed by atoms with Crippen LogP contribution in [0.25, 0.3) is 0 Å². The maximum Gasteiger partial charge on any atom is 0.341 e. The van der Waals surface area contributed by atoms with Gasteiger partial charge in [0.05, 0.1) is 18.0 Å². The average Bonchev–Trinajstić information content (AvgIpc) is 2.17. The molecule has 0 saturated heterocycles. The van der Waals surface area contributed by atoms with Crippen LogP contribution in [0.2, 0.25) is 0 Å². The summed E-state index contributed by atoms with van der Waals surface area (Å²) in [5.41, 5.74) is 1.93. The first-order chi connectivity index (χ1) is 6.70. The molecule has 4 heteroatoms. The molecule has 1 aromatic rings. The van der Waals surface area contributed by atoms with Gasteiger partial charge in [-0.25, -0.2) is 14.8 Å². The third kappa shape index (κ3) is 2.07. The van der Waals surface area contributed by atoms with E-state index in [1.54, 1.807) is 13.8 Å². The van der Waals surface area contributed by atoms with Crippen molar-refractivity contribution in [1.29, 1.82) is 0 Å². The molecule has 0 amide bonds. The molecule has 0 saturated carbocycles. The van der Waals surface area contributed by atoms with Crippen molar-refractivity contribution in [2.75, 3.05) is 6.61 Å². The molecule has 1 heterocycles. The fourth-order valence-electron chi connectivity index (χ4n) is 1.26. The van der Waals surface area contributed by atoms with E-state index in [0.29, 0.717) is 24.3 Å². The number of aryl methyl sites for hydroxylation is 2. The average molecular weight is 194 g/mol. The molecule has 1 aromatic heterocycles. The van der Waals surface area contributed by atoms with Crippen molar-refractivity contribution in [3.8, 4) is 0 Å². The number of aromatic nitrogens is 2. The Morgan fingerprint density at radius 3 is 2.71 bits per heavy atom. The molecular formula is C10H14N2O2. The van der Waals surface area contributed by atoms with Gasteiger partial charge in [-0.3, -0.25) is 0 Å². The van der Waals surface area contributed by atoms with E-state index in [0.717, 1.165) is 5.69 Å². The van der Waals surface area contributed by atoms with Gasteiger partial charge in [0, 0.05) is 0 Å². The summed E-state index contributed by atoms with van der Waals surface area (Å²) in [6.07, 6.45) is 2.17. The Balaban J connectivity index is 3.10. The van der Waals surface area contributed by atoms with Gasteiger partial charge in [-0.15, -0.1) is 0 Å². The van der Waals surface area contributed by atoms with Crippen molar-refractivity contribution in [1.82, 2.24) is 9.97 Å². The summed E-state index contributed by atoms with van der Waals surface area (Å²) in [5, 5.41) is 0. The number of hydrogen-bond donors (Lipinski definition) is 0. The molecule has 0 aliphatic carbocycles. The minimum atomic E-state index is -0.331. The highest BCUT2D eigenvalue weighted by molar-refractivity contribution is 5.91. The fraction of sp³-hybridized carbons (Fsp3) is 0.500. The zero-order valence-corrected chi connectivity index (χ0v) is 8.70. The van der Waals surface area contributed by atoms with Crippen LogP contribution in [0.5, 0.6) is 0 Å². The molecule has 0 radical (unpaired) electrons. The Bertz CT molecular complexity index is 337. The molecule has 0 atom stereocenters. The van der Waals surface area contributed by atoms with E-state index < -0.39 is 0 Å². The van der Waals surface area contributed by atoms with Crippen molar-refractivity contribution < 1.29 is 9.53 Å². The van der Waals surface area contributed by atoms with Crippen LogP contribution >= 0.6 is 0 Å². The SMILES string of the molecule is CCOC(=O)c1c(C)ncnc1CC. The monoisotopic (exact) mass is 194 g/mol. The zero-order valence-electron chi connectivity index (χ0n) is 8.70. The summed E-state index contributed by atoms with van der Waals surface area (Å²) in [5.74, 6) is -0.331. The number of esters is 1. The minimum absolute atomic E-state index is 0.331. The second-order valence-electron chi connectivity index (χ2n) is 2.85. The highest BCUT2D eigenvalue weighted by Gasteiger charge is 2.15. The van der Waals surface area contributed by atoms with E-state index in [4.69, 9.17) is 4.74 Å². The van der Waals surface area contributed by atoms with Crippen LogP contribution in [0, 0.1) is 6.92 Å². The standard InChI is InChI=1S/C10H14N2O2/c1-4-8-9(10(13)14-5-2)7(3)11-6-12-8/h6H,4-5H2,1-3H3. The van der Waals surface area contributed by atoms with Crippen LogP contribution in [-0.2, 0) is 11.2 Å². The van der Waals surface area contributed by atoms with Gasteiger partial charge in [0.25, 0.3) is 0 Å². The molecule has 0 unspecified atom stereocenters. The number of hydrogen-bond acceptors (Lipinski definition) is 4. The van der Waals surface area contributed by atoms with Crippen LogP contribution in [0.3, 0.4) is 0 Å². The molecule has 14 heavy (non-hydrogen) atoms. The summed E-state index contributed by atoms with van der Waals surface area (Å²) < 4.78 is 4.93. The van der Waals surface area contributed by atoms with Gasteiger partial charge in [-0.05, 0) is 20.3 Å². The van der Waals surface area contributed by atoms with E-state index in [1.165, 1.54) is 6.33 Å². The second-order valence-corrected chi connectivity index (χ2v) is 2.85. The zero-order chi connectivity index (χ0) is 10.6. The molecule has 0 aliphatic heterocycles. The Morgan fingerprint density at radius 2 is 2.14 bits per heavy atom. The highest BCUT2D eigenvalue weighted by Crippen LogP contribution is 2.11. The fourth-order valence-corrected chi connectivity index (χ4v) is 1.26. The number of ether oxygens (including phenoxy) is 1. The van der Waals surface area contributed by atoms with Gasteiger partial charge in [0.2, 0.25) is 0 Å². The summed E-state index contributed by atoms with van der Waals surface area (Å²) in [7, 11) is 0. The molecule has 1 rings (SSSR count). The summed E-state index contributed by atoms with van der Waals surface area (Å²) >= 11 is 0. The Labute approximate surface area is 83.3 Å². The first kappa shape index (κ1) is 10.6. The lowest BCUT2D eigenvalue weighted by molar-refractivity contribution is 0.0523. The molecule has 4 nitrogen and oxygen atoms in total. The largest absolute Gasteiger partial charge is 0.462 e. The number of nitrogens with zero attached hydrogens (tertiary/aromatic N) is 2. The number of rotatable bonds is 3. The quantitative estimate of drug-likeness (QED) is 0.684. The van der Waals surface area contributed by atoms with Crippen LogP contribution < -0.4 is 0 Å². The molecule has 0 N–H and O–H groups in total. The maximum absolute atomic E-state index is 11.5. The minimum Gasteiger partial charge on any atom is -0.462 e. The van der Waals surface area contributed by atoms with Crippen LogP contribution in [0.15, 0.2) is 6.33 Å². The van der Waals surface area contributed by atoms with Crippen molar-refractivity contribution in [2.45, 2.75) is 27.2 Å². The maximum atomic E-state index is 11.5. The summed E-state index contributed by atoms with van der Waals surface area (Å²) in [4.78, 5) is 19.6. The van der Waals surface area contributed by atoms with Gasteiger partial charge < -0.3 is 4.74 Å². The third-order valence-electron chi connectivity index (χ3n) is 1.93. The smallest absolute Gasteiger partial charge is 0.341 e. The molecule has 0 fully saturated rings. The normalized spacial score (nSPS) is 9.93. The summed E-state index contributed by atoms with van der Waals surface area (Å²) in [6, 6.07) is 0. The third-order valence-corrected chi connectivity index (χ3v) is 1.93. The van der Waals surface area contributed by atoms with Crippen molar-refractivity contribution >= 4 is 5.97 Å². The lowest BCUT2D eigenvalue weighted by atomic mass is 10.1. The first-order valence-corrected chi connectivity index (χ1v) is 4.68. The lowest BCUT2D eigenvalue weighted by Gasteiger charge is -2.07. The Kier molecular flexibility index (Phi) is 3.56. The van der Waals surface area contributed by atoms with Gasteiger partial charge >= 0.3 is 5.97 Å². The number of carbonyl (C=O) groups excluding carboxylic acids is 1. The second kappa shape index (κ2) is 4.69. The van der Waals surface area contributed by atoms with Gasteiger partial charge in [0.1, 0.15) is 11.9 Å². The van der Waals surface area contributed by atoms with Crippen LogP contribution in [0.4, 0.5) is 0 Å². The Hall–Kier alpha value is -1.45. The molecule has 0 aliphatic rings. The Morgan fingerprint density at radius 1 is 1.43 bits per heavy atom. The van der Waals surface area contributed by atoms with Gasteiger partial charge in [-0.2, -0.15) is 0 Å². The van der Waals surface area contributed by atoms with Gasteiger partial charge in [0.15, 0.2) is 0 Å². The van der Waals surface area contributed by atoms with Crippen molar-refractivity contribution in [3.05, 3.63) is 23.3 Å². The van der Waals surface area contributed by atoms with Crippen molar-refractivity contribution in [2.24, 2.45) is 0 Å². The first-order valence-electron chi connectivity index (χ1n) is 4.68. The molecule has 76 valence electrons. The lowest BCUT2D eigenvalue weighted by Crippen LogP contribution is -2.12. The van der Waals surface area contributed by atoms with Gasteiger partial charge in [-0.1, -0.05) is 6.92 Å². The van der Waals surface area contributed by atoms with Crippen LogP contribution in [0.1, 0.15) is 35.6 Å². The topological polar surface area (TPSA) is 52.1 Å². The van der Waals surface area contributed by atoms with Crippen molar-refractivity contribution in [3.63, 3.8) is 0 Å². The molecular weight excluding hydrogens is 180 g/mol. The highest BCUT2D eigenvalue weighted by atomic mass is 16.5. The predicted molar refractivity (Wildman–Crippen MR) is 52.1 cm³/mol. The van der Waals surface area contributed by atoms with Crippen LogP contribution in [-0.4, -0.2) is 22.5 Å². The van der Waals surface area contributed by atoms with E-state index in [1.807, 2.05) is 6.92 Å². The number of carbonyl (C=O) groups is 1. The van der Waals surface area contributed by atoms with E-state index in [-0.39, 0.29) is 5.97 Å². The molecule has 0 spiro atoms. The van der Waals surface area contributed by atoms with E-state index in [9.17, 15) is 4.79 Å². The summed E-state index contributed by atoms with van der Waals surface area (Å²) in [6.45, 7) is 5.89.